The second-order valence-electron chi connectivity index (χ2n) is 3.36. The third-order valence-electron chi connectivity index (χ3n) is 2.60. The van der Waals surface area contributed by atoms with Crippen LogP contribution in [0.4, 0.5) is 0 Å². The van der Waals surface area contributed by atoms with Gasteiger partial charge < -0.3 is 9.47 Å². The molecule has 2 aliphatic heterocycles. The molecular weight excluding hydrogens is 144 g/mol. The van der Waals surface area contributed by atoms with Gasteiger partial charge in [0.2, 0.25) is 0 Å². The lowest BCUT2D eigenvalue weighted by molar-refractivity contribution is -0.160. The van der Waals surface area contributed by atoms with Crippen molar-refractivity contribution in [3.05, 3.63) is 0 Å². The SMILES string of the molecule is C[C@@H]1C(=O)[C@H](C)[C@H]2CO[C@@H]1O2. The van der Waals surface area contributed by atoms with Crippen molar-refractivity contribution in [1.82, 2.24) is 0 Å². The number of ketones is 1. The predicted octanol–water partition coefficient (Wildman–Crippen LogP) is 0.583. The van der Waals surface area contributed by atoms with E-state index in [-0.39, 0.29) is 30.0 Å². The largest absolute Gasteiger partial charge is 0.349 e. The van der Waals surface area contributed by atoms with Crippen LogP contribution in [0.1, 0.15) is 13.8 Å². The molecule has 3 heteroatoms. The lowest BCUT2D eigenvalue weighted by atomic mass is 9.89. The van der Waals surface area contributed by atoms with Gasteiger partial charge in [0, 0.05) is 5.92 Å². The Morgan fingerprint density at radius 2 is 2.09 bits per heavy atom. The molecule has 62 valence electrons. The van der Waals surface area contributed by atoms with Crippen LogP contribution in [0.3, 0.4) is 0 Å². The van der Waals surface area contributed by atoms with Crippen molar-refractivity contribution in [2.24, 2.45) is 11.8 Å². The van der Waals surface area contributed by atoms with Crippen LogP contribution in [0.15, 0.2) is 0 Å². The standard InChI is InChI=1S/C8H12O3/c1-4-6-3-10-8(11-6)5(2)7(4)9/h4-6,8H,3H2,1-2H3/t4-,5-,6-,8-/m1/s1. The maximum absolute atomic E-state index is 11.4. The number of Topliss-reactive ketones (excluding diaryl/α,β-unsaturated/α-hetero) is 1. The molecule has 2 heterocycles. The zero-order chi connectivity index (χ0) is 8.01. The quantitative estimate of drug-likeness (QED) is 0.514. The molecule has 0 aromatic carbocycles. The van der Waals surface area contributed by atoms with E-state index in [9.17, 15) is 4.79 Å². The molecule has 2 fully saturated rings. The number of hydrogen-bond acceptors (Lipinski definition) is 3. The van der Waals surface area contributed by atoms with E-state index in [1.165, 1.54) is 0 Å². The molecule has 0 amide bonds. The Balaban J connectivity index is 2.23. The summed E-state index contributed by atoms with van der Waals surface area (Å²) in [4.78, 5) is 11.4. The van der Waals surface area contributed by atoms with E-state index >= 15 is 0 Å². The zero-order valence-corrected chi connectivity index (χ0v) is 6.74. The molecule has 11 heavy (non-hydrogen) atoms. The number of carbonyl (C=O) groups excluding carboxylic acids is 1. The van der Waals surface area contributed by atoms with E-state index in [4.69, 9.17) is 9.47 Å². The topological polar surface area (TPSA) is 35.5 Å². The van der Waals surface area contributed by atoms with Crippen LogP contribution >= 0.6 is 0 Å². The molecule has 0 aliphatic carbocycles. The lowest BCUT2D eigenvalue weighted by Crippen LogP contribution is -2.40. The molecule has 0 aromatic rings. The highest BCUT2D eigenvalue weighted by Gasteiger charge is 2.45. The summed E-state index contributed by atoms with van der Waals surface area (Å²) < 4.78 is 10.7. The van der Waals surface area contributed by atoms with Crippen LogP contribution in [0.2, 0.25) is 0 Å². The second-order valence-corrected chi connectivity index (χ2v) is 3.36. The van der Waals surface area contributed by atoms with Crippen LogP contribution < -0.4 is 0 Å². The number of rotatable bonds is 0. The van der Waals surface area contributed by atoms with E-state index in [1.807, 2.05) is 13.8 Å². The Labute approximate surface area is 65.7 Å². The summed E-state index contributed by atoms with van der Waals surface area (Å²) in [6, 6.07) is 0. The molecule has 2 bridgehead atoms. The van der Waals surface area contributed by atoms with Crippen molar-refractivity contribution in [3.63, 3.8) is 0 Å². The predicted molar refractivity (Wildman–Crippen MR) is 37.9 cm³/mol. The first-order valence-corrected chi connectivity index (χ1v) is 4.01. The average Bonchev–Trinajstić information content (AvgIpc) is 2.44. The van der Waals surface area contributed by atoms with Gasteiger partial charge in [0.05, 0.1) is 18.6 Å². The molecule has 2 saturated heterocycles. The van der Waals surface area contributed by atoms with E-state index in [2.05, 4.69) is 0 Å². The first-order valence-electron chi connectivity index (χ1n) is 4.01. The summed E-state index contributed by atoms with van der Waals surface area (Å²) in [5.74, 6) is 0.219. The van der Waals surface area contributed by atoms with Crippen LogP contribution in [-0.2, 0) is 14.3 Å². The van der Waals surface area contributed by atoms with Crippen LogP contribution in [0.25, 0.3) is 0 Å². The number of hydrogen-bond donors (Lipinski definition) is 0. The lowest BCUT2D eigenvalue weighted by Gasteiger charge is -2.27. The summed E-state index contributed by atoms with van der Waals surface area (Å²) >= 11 is 0. The fourth-order valence-corrected chi connectivity index (χ4v) is 1.70. The smallest absolute Gasteiger partial charge is 0.167 e. The highest BCUT2D eigenvalue weighted by molar-refractivity contribution is 5.84. The minimum absolute atomic E-state index is 0.0173. The van der Waals surface area contributed by atoms with Crippen molar-refractivity contribution < 1.29 is 14.3 Å². The van der Waals surface area contributed by atoms with Gasteiger partial charge in [-0.05, 0) is 0 Å². The van der Waals surface area contributed by atoms with Gasteiger partial charge in [-0.25, -0.2) is 0 Å². The maximum Gasteiger partial charge on any atom is 0.167 e. The minimum Gasteiger partial charge on any atom is -0.349 e. The molecular formula is C8H12O3. The van der Waals surface area contributed by atoms with Crippen LogP contribution in [0, 0.1) is 11.8 Å². The zero-order valence-electron chi connectivity index (χ0n) is 6.74. The Morgan fingerprint density at radius 3 is 2.82 bits per heavy atom. The van der Waals surface area contributed by atoms with Crippen molar-refractivity contribution in [3.8, 4) is 0 Å². The molecule has 4 atom stereocenters. The summed E-state index contributed by atoms with van der Waals surface area (Å²) in [5, 5.41) is 0. The highest BCUT2D eigenvalue weighted by Crippen LogP contribution is 2.32. The Kier molecular flexibility index (Phi) is 1.51. The van der Waals surface area contributed by atoms with Crippen molar-refractivity contribution >= 4 is 5.78 Å². The van der Waals surface area contributed by atoms with E-state index in [0.717, 1.165) is 0 Å². The average molecular weight is 156 g/mol. The molecule has 2 rings (SSSR count). The summed E-state index contributed by atoms with van der Waals surface area (Å²) in [5.41, 5.74) is 0. The number of carbonyl (C=O) groups is 1. The van der Waals surface area contributed by atoms with Gasteiger partial charge in [0.25, 0.3) is 0 Å². The van der Waals surface area contributed by atoms with Gasteiger partial charge >= 0.3 is 0 Å². The summed E-state index contributed by atoms with van der Waals surface area (Å²) in [7, 11) is 0. The van der Waals surface area contributed by atoms with Gasteiger partial charge in [-0.1, -0.05) is 13.8 Å². The Hall–Kier alpha value is -0.410. The molecule has 0 unspecified atom stereocenters. The molecule has 0 radical (unpaired) electrons. The molecule has 0 saturated carbocycles. The van der Waals surface area contributed by atoms with Crippen LogP contribution in [-0.4, -0.2) is 24.8 Å². The Morgan fingerprint density at radius 1 is 1.36 bits per heavy atom. The van der Waals surface area contributed by atoms with Crippen molar-refractivity contribution in [1.29, 1.82) is 0 Å². The number of ether oxygens (including phenoxy) is 2. The van der Waals surface area contributed by atoms with Gasteiger partial charge in [-0.3, -0.25) is 4.79 Å². The summed E-state index contributed by atoms with van der Waals surface area (Å²) in [6.45, 7) is 4.36. The van der Waals surface area contributed by atoms with E-state index < -0.39 is 0 Å². The van der Waals surface area contributed by atoms with Gasteiger partial charge in [-0.2, -0.15) is 0 Å². The highest BCUT2D eigenvalue weighted by atomic mass is 16.7. The summed E-state index contributed by atoms with van der Waals surface area (Å²) in [6.07, 6.45) is -0.243. The van der Waals surface area contributed by atoms with Crippen molar-refractivity contribution in [2.75, 3.05) is 6.61 Å². The van der Waals surface area contributed by atoms with Gasteiger partial charge in [-0.15, -0.1) is 0 Å². The monoisotopic (exact) mass is 156 g/mol. The normalized spacial score (nSPS) is 49.8. The third kappa shape index (κ3) is 0.914. The fourth-order valence-electron chi connectivity index (χ4n) is 1.70. The van der Waals surface area contributed by atoms with Crippen LogP contribution in [0.5, 0.6) is 0 Å². The van der Waals surface area contributed by atoms with Gasteiger partial charge in [0.15, 0.2) is 6.29 Å². The van der Waals surface area contributed by atoms with E-state index in [1.54, 1.807) is 0 Å². The molecule has 2 aliphatic rings. The van der Waals surface area contributed by atoms with E-state index in [0.29, 0.717) is 6.61 Å². The molecule has 0 N–H and O–H groups in total. The number of fused-ring (bicyclic) bond motifs is 2. The molecule has 0 aromatic heterocycles. The maximum atomic E-state index is 11.4. The van der Waals surface area contributed by atoms with Gasteiger partial charge in [0.1, 0.15) is 5.78 Å². The minimum atomic E-state index is -0.260. The fraction of sp³-hybridized carbons (Fsp3) is 0.875. The Bertz CT molecular complexity index is 172. The first kappa shape index (κ1) is 7.25. The second kappa shape index (κ2) is 2.29. The molecule has 3 nitrogen and oxygen atoms in total. The third-order valence-corrected chi connectivity index (χ3v) is 2.60. The molecule has 0 spiro atoms. The van der Waals surface area contributed by atoms with Crippen molar-refractivity contribution in [2.45, 2.75) is 26.2 Å². The first-order chi connectivity index (χ1) is 5.20.